The van der Waals surface area contributed by atoms with Crippen LogP contribution in [0.2, 0.25) is 5.02 Å². The molecule has 0 unspecified atom stereocenters. The number of halogens is 2. The second kappa shape index (κ2) is 4.79. The molecule has 0 fully saturated rings. The van der Waals surface area contributed by atoms with Crippen LogP contribution in [0.4, 0.5) is 0 Å². The molecule has 1 rings (SSSR count). The molecule has 5 nitrogen and oxygen atoms in total. The van der Waals surface area contributed by atoms with Crippen molar-refractivity contribution in [3.8, 4) is 0 Å². The molecule has 0 aliphatic carbocycles. The maximum atomic E-state index is 11.5. The van der Waals surface area contributed by atoms with Gasteiger partial charge in [0.2, 0.25) is 5.91 Å². The third-order valence-corrected chi connectivity index (χ3v) is 5.44. The van der Waals surface area contributed by atoms with E-state index in [9.17, 15) is 13.2 Å². The first-order valence-electron chi connectivity index (χ1n) is 3.56. The van der Waals surface area contributed by atoms with E-state index in [4.69, 9.17) is 11.6 Å². The number of sulfonamides is 1. The number of thiophene rings is 1. The Kier molecular flexibility index (Phi) is 4.13. The molecule has 9 heteroatoms. The molecule has 84 valence electrons. The molecule has 1 heterocycles. The van der Waals surface area contributed by atoms with Crippen molar-refractivity contribution in [3.63, 3.8) is 0 Å². The zero-order valence-corrected chi connectivity index (χ0v) is 11.3. The van der Waals surface area contributed by atoms with E-state index in [1.54, 1.807) is 0 Å². The minimum Gasteiger partial charge on any atom is -0.278 e. The van der Waals surface area contributed by atoms with Crippen molar-refractivity contribution in [1.29, 1.82) is 0 Å². The van der Waals surface area contributed by atoms with Crippen LogP contribution in [-0.2, 0) is 14.8 Å². The van der Waals surface area contributed by atoms with Gasteiger partial charge in [-0.15, -0.1) is 16.2 Å². The van der Waals surface area contributed by atoms with Crippen molar-refractivity contribution in [3.05, 3.63) is 14.9 Å². The van der Waals surface area contributed by atoms with Gasteiger partial charge in [0.05, 0.1) is 8.81 Å². The Morgan fingerprint density at radius 2 is 2.20 bits per heavy atom. The third-order valence-electron chi connectivity index (χ3n) is 1.25. The van der Waals surface area contributed by atoms with E-state index >= 15 is 0 Å². The molecule has 0 saturated carbocycles. The quantitative estimate of drug-likeness (QED) is 0.823. The summed E-state index contributed by atoms with van der Waals surface area (Å²) in [5, 5.41) is 0.309. The highest BCUT2D eigenvalue weighted by Crippen LogP contribution is 2.34. The molecule has 15 heavy (non-hydrogen) atoms. The van der Waals surface area contributed by atoms with Gasteiger partial charge in [-0.3, -0.25) is 10.2 Å². The lowest BCUT2D eigenvalue weighted by atomic mass is 10.7. The molecule has 0 aliphatic heterocycles. The van der Waals surface area contributed by atoms with Gasteiger partial charge in [-0.1, -0.05) is 11.6 Å². The number of carbonyl (C=O) groups excluding carboxylic acids is 1. The van der Waals surface area contributed by atoms with E-state index in [0.29, 0.717) is 8.81 Å². The predicted molar refractivity (Wildman–Crippen MR) is 61.2 cm³/mol. The highest BCUT2D eigenvalue weighted by atomic mass is 79.9. The number of carbonyl (C=O) groups is 1. The standard InChI is InChI=1S/C6H6BrClN2O3S2/c1-3(11)9-10-15(12,13)5-2-4(8)6(7)14-5/h2,10H,1H3,(H,9,11). The monoisotopic (exact) mass is 332 g/mol. The molecule has 1 aromatic rings. The highest BCUT2D eigenvalue weighted by molar-refractivity contribution is 9.11. The summed E-state index contributed by atoms with van der Waals surface area (Å²) in [6, 6.07) is 1.29. The molecule has 0 aromatic carbocycles. The van der Waals surface area contributed by atoms with Crippen LogP contribution in [0.5, 0.6) is 0 Å². The largest absolute Gasteiger partial charge is 0.278 e. The summed E-state index contributed by atoms with van der Waals surface area (Å²) < 4.78 is 23.6. The Morgan fingerprint density at radius 3 is 2.60 bits per heavy atom. The van der Waals surface area contributed by atoms with Gasteiger partial charge in [0, 0.05) is 6.92 Å². The van der Waals surface area contributed by atoms with E-state index in [1.165, 1.54) is 13.0 Å². The van der Waals surface area contributed by atoms with Crippen molar-refractivity contribution < 1.29 is 13.2 Å². The summed E-state index contributed by atoms with van der Waals surface area (Å²) in [6.07, 6.45) is 0. The Morgan fingerprint density at radius 1 is 1.60 bits per heavy atom. The number of hydrogen-bond donors (Lipinski definition) is 2. The normalized spacial score (nSPS) is 11.4. The molecule has 0 saturated heterocycles. The predicted octanol–water partition coefficient (Wildman–Crippen LogP) is 1.49. The van der Waals surface area contributed by atoms with Crippen LogP contribution in [0, 0.1) is 0 Å². The van der Waals surface area contributed by atoms with Gasteiger partial charge in [0.1, 0.15) is 4.21 Å². The van der Waals surface area contributed by atoms with Crippen molar-refractivity contribution in [1.82, 2.24) is 10.3 Å². The van der Waals surface area contributed by atoms with E-state index in [2.05, 4.69) is 15.9 Å². The van der Waals surface area contributed by atoms with E-state index in [1.807, 2.05) is 10.3 Å². The number of nitrogens with one attached hydrogen (secondary N) is 2. The van der Waals surface area contributed by atoms with Crippen molar-refractivity contribution in [2.24, 2.45) is 0 Å². The minimum atomic E-state index is -3.73. The molecular weight excluding hydrogens is 328 g/mol. The molecule has 0 atom stereocenters. The summed E-state index contributed by atoms with van der Waals surface area (Å²) in [5.41, 5.74) is 1.98. The molecule has 2 N–H and O–H groups in total. The van der Waals surface area contributed by atoms with Gasteiger partial charge in [-0.05, 0) is 22.0 Å². The van der Waals surface area contributed by atoms with Gasteiger partial charge in [0.15, 0.2) is 0 Å². The first-order valence-corrected chi connectivity index (χ1v) is 7.03. The summed E-state index contributed by atoms with van der Waals surface area (Å²) >= 11 is 9.73. The fourth-order valence-electron chi connectivity index (χ4n) is 0.649. The summed E-state index contributed by atoms with van der Waals surface area (Å²) in [5.74, 6) is -0.500. The summed E-state index contributed by atoms with van der Waals surface area (Å²) in [6.45, 7) is 1.19. The molecule has 0 spiro atoms. The Labute approximate surface area is 104 Å². The first-order chi connectivity index (χ1) is 6.83. The van der Waals surface area contributed by atoms with Crippen molar-refractivity contribution in [2.45, 2.75) is 11.1 Å². The van der Waals surface area contributed by atoms with Crippen molar-refractivity contribution >= 4 is 54.8 Å². The van der Waals surface area contributed by atoms with Gasteiger partial charge < -0.3 is 0 Å². The van der Waals surface area contributed by atoms with Crippen LogP contribution < -0.4 is 10.3 Å². The molecule has 0 bridgehead atoms. The number of hydrazine groups is 1. The Hall–Kier alpha value is -0.150. The SMILES string of the molecule is CC(=O)NNS(=O)(=O)c1cc(Cl)c(Br)s1. The van der Waals surface area contributed by atoms with Crippen LogP contribution >= 0.6 is 38.9 Å². The third kappa shape index (κ3) is 3.42. The van der Waals surface area contributed by atoms with E-state index in [0.717, 1.165) is 11.3 Å². The topological polar surface area (TPSA) is 75.3 Å². The average molecular weight is 334 g/mol. The summed E-state index contributed by atoms with van der Waals surface area (Å²) in [4.78, 5) is 12.4. The van der Waals surface area contributed by atoms with Crippen LogP contribution in [0.1, 0.15) is 6.92 Å². The highest BCUT2D eigenvalue weighted by Gasteiger charge is 2.18. The van der Waals surface area contributed by atoms with Crippen LogP contribution in [0.25, 0.3) is 0 Å². The fraction of sp³-hybridized carbons (Fsp3) is 0.167. The lowest BCUT2D eigenvalue weighted by Gasteiger charge is -2.03. The number of amides is 1. The Bertz CT molecular complexity index is 465. The summed E-state index contributed by atoms with van der Waals surface area (Å²) in [7, 11) is -3.73. The van der Waals surface area contributed by atoms with Crippen LogP contribution in [0.3, 0.4) is 0 Å². The maximum absolute atomic E-state index is 11.5. The smallest absolute Gasteiger partial charge is 0.266 e. The second-order valence-corrected chi connectivity index (χ2v) is 7.16. The zero-order chi connectivity index (χ0) is 11.6. The van der Waals surface area contributed by atoms with E-state index in [-0.39, 0.29) is 4.21 Å². The number of rotatable bonds is 3. The van der Waals surface area contributed by atoms with Crippen LogP contribution in [0.15, 0.2) is 14.1 Å². The van der Waals surface area contributed by atoms with Crippen molar-refractivity contribution in [2.75, 3.05) is 0 Å². The molecular formula is C6H6BrClN2O3S2. The lowest BCUT2D eigenvalue weighted by molar-refractivity contribution is -0.119. The molecule has 0 aliphatic rings. The van der Waals surface area contributed by atoms with Gasteiger partial charge in [0.25, 0.3) is 10.0 Å². The Balaban J connectivity index is 2.91. The maximum Gasteiger partial charge on any atom is 0.266 e. The second-order valence-electron chi connectivity index (χ2n) is 2.47. The van der Waals surface area contributed by atoms with Gasteiger partial charge in [-0.2, -0.15) is 0 Å². The van der Waals surface area contributed by atoms with Gasteiger partial charge in [-0.25, -0.2) is 8.42 Å². The zero-order valence-electron chi connectivity index (χ0n) is 7.37. The minimum absolute atomic E-state index is 0.0214. The van der Waals surface area contributed by atoms with E-state index < -0.39 is 15.9 Å². The molecule has 0 radical (unpaired) electrons. The molecule has 1 amide bonds. The van der Waals surface area contributed by atoms with Crippen LogP contribution in [-0.4, -0.2) is 14.3 Å². The fourth-order valence-corrected chi connectivity index (χ4v) is 3.94. The number of hydrogen-bond acceptors (Lipinski definition) is 4. The lowest BCUT2D eigenvalue weighted by Crippen LogP contribution is -2.39. The average Bonchev–Trinajstić information content (AvgIpc) is 2.45. The van der Waals surface area contributed by atoms with Gasteiger partial charge >= 0.3 is 0 Å². The first kappa shape index (κ1) is 12.9. The molecule has 1 aromatic heterocycles.